The van der Waals surface area contributed by atoms with E-state index in [0.29, 0.717) is 5.75 Å². The van der Waals surface area contributed by atoms with Crippen molar-refractivity contribution < 1.29 is 9.53 Å². The number of carbonyl (C=O) groups excluding carboxylic acids is 1. The summed E-state index contributed by atoms with van der Waals surface area (Å²) in [6.07, 6.45) is 0. The molecule has 0 saturated heterocycles. The molecule has 0 aliphatic heterocycles. The molecular weight excluding hydrogens is 270 g/mol. The van der Waals surface area contributed by atoms with Gasteiger partial charge in [-0.3, -0.25) is 10.1 Å². The summed E-state index contributed by atoms with van der Waals surface area (Å²) >= 11 is 1.75. The largest absolute Gasteiger partial charge is 0.468 e. The number of aryl methyl sites for hydroxylation is 1. The Morgan fingerprint density at radius 3 is 2.60 bits per heavy atom. The molecule has 0 aliphatic rings. The topological polar surface area (TPSA) is 38.3 Å². The van der Waals surface area contributed by atoms with Crippen molar-refractivity contribution in [3.05, 3.63) is 35.4 Å². The molecular formula is C16H25NO2S. The maximum absolute atomic E-state index is 12.0. The molecule has 4 heteroatoms. The summed E-state index contributed by atoms with van der Waals surface area (Å²) in [5.74, 6) is 1.38. The molecule has 1 unspecified atom stereocenters. The fraction of sp³-hybridized carbons (Fsp3) is 0.562. The second kappa shape index (κ2) is 7.70. The van der Waals surface area contributed by atoms with Crippen LogP contribution < -0.4 is 5.32 Å². The molecule has 0 radical (unpaired) electrons. The van der Waals surface area contributed by atoms with Gasteiger partial charge in [-0.05, 0) is 38.8 Å². The number of carbonyl (C=O) groups is 1. The fourth-order valence-corrected chi connectivity index (χ4v) is 3.41. The number of rotatable bonds is 7. The molecule has 0 saturated carbocycles. The van der Waals surface area contributed by atoms with Crippen LogP contribution >= 0.6 is 11.8 Å². The third-order valence-corrected chi connectivity index (χ3v) is 4.45. The van der Waals surface area contributed by atoms with Gasteiger partial charge in [0.25, 0.3) is 0 Å². The first kappa shape index (κ1) is 17.1. The van der Waals surface area contributed by atoms with Crippen LogP contribution in [-0.4, -0.2) is 30.4 Å². The maximum atomic E-state index is 12.0. The minimum Gasteiger partial charge on any atom is -0.468 e. The van der Waals surface area contributed by atoms with Crippen LogP contribution in [0.4, 0.5) is 0 Å². The van der Waals surface area contributed by atoms with E-state index in [1.165, 1.54) is 18.2 Å². The van der Waals surface area contributed by atoms with Gasteiger partial charge in [0.15, 0.2) is 0 Å². The zero-order chi connectivity index (χ0) is 15.2. The summed E-state index contributed by atoms with van der Waals surface area (Å²) in [4.78, 5) is 12.0. The summed E-state index contributed by atoms with van der Waals surface area (Å²) in [7, 11) is 1.44. The van der Waals surface area contributed by atoms with Crippen molar-refractivity contribution in [2.24, 2.45) is 0 Å². The lowest BCUT2D eigenvalue weighted by Gasteiger charge is -2.30. The molecule has 0 aliphatic carbocycles. The van der Waals surface area contributed by atoms with E-state index in [2.05, 4.69) is 30.4 Å². The van der Waals surface area contributed by atoms with Gasteiger partial charge in [-0.15, -0.1) is 0 Å². The van der Waals surface area contributed by atoms with Crippen molar-refractivity contribution in [3.63, 3.8) is 0 Å². The minimum absolute atomic E-state index is 0.205. The van der Waals surface area contributed by atoms with E-state index in [4.69, 9.17) is 4.74 Å². The second-order valence-corrected chi connectivity index (χ2v) is 6.53. The van der Waals surface area contributed by atoms with Crippen molar-refractivity contribution in [2.75, 3.05) is 12.9 Å². The smallest absolute Gasteiger partial charge is 0.326 e. The normalized spacial score (nSPS) is 14.1. The molecule has 1 atom stereocenters. The van der Waals surface area contributed by atoms with Gasteiger partial charge >= 0.3 is 5.97 Å². The van der Waals surface area contributed by atoms with Gasteiger partial charge in [0.1, 0.15) is 5.54 Å². The number of benzene rings is 1. The van der Waals surface area contributed by atoms with Gasteiger partial charge < -0.3 is 4.74 Å². The van der Waals surface area contributed by atoms with Crippen LogP contribution in [0.2, 0.25) is 0 Å². The van der Waals surface area contributed by atoms with Crippen LogP contribution in [0.15, 0.2) is 24.3 Å². The van der Waals surface area contributed by atoms with Crippen LogP contribution in [0.3, 0.4) is 0 Å². The standard InChI is InChI=1S/C16H25NO2S/c1-12(2)17-16(4,15(18)19-5)11-20-10-14-9-7-6-8-13(14)3/h6-9,12,17H,10-11H2,1-5H3. The van der Waals surface area contributed by atoms with Crippen LogP contribution in [0, 0.1) is 6.92 Å². The van der Waals surface area contributed by atoms with E-state index < -0.39 is 5.54 Å². The molecule has 0 amide bonds. The first-order valence-corrected chi connectivity index (χ1v) is 8.03. The summed E-state index contributed by atoms with van der Waals surface area (Å²) in [5, 5.41) is 3.31. The molecule has 1 aromatic carbocycles. The molecule has 0 heterocycles. The van der Waals surface area contributed by atoms with Crippen molar-refractivity contribution in [1.29, 1.82) is 0 Å². The van der Waals surface area contributed by atoms with Crippen LogP contribution in [0.25, 0.3) is 0 Å². The number of esters is 1. The van der Waals surface area contributed by atoms with Crippen molar-refractivity contribution >= 4 is 17.7 Å². The SMILES string of the molecule is COC(=O)C(C)(CSCc1ccccc1C)NC(C)C. The van der Waals surface area contributed by atoms with Crippen molar-refractivity contribution in [3.8, 4) is 0 Å². The van der Waals surface area contributed by atoms with Crippen molar-refractivity contribution in [2.45, 2.75) is 45.0 Å². The third kappa shape index (κ3) is 4.84. The number of hydrogen-bond acceptors (Lipinski definition) is 4. The first-order chi connectivity index (χ1) is 9.39. The quantitative estimate of drug-likeness (QED) is 0.784. The molecule has 112 valence electrons. The molecule has 3 nitrogen and oxygen atoms in total. The second-order valence-electron chi connectivity index (χ2n) is 5.54. The summed E-state index contributed by atoms with van der Waals surface area (Å²) in [5.41, 5.74) is 1.96. The summed E-state index contributed by atoms with van der Waals surface area (Å²) < 4.78 is 4.93. The summed E-state index contributed by atoms with van der Waals surface area (Å²) in [6.45, 7) is 8.09. The van der Waals surface area contributed by atoms with Gasteiger partial charge in [-0.1, -0.05) is 24.3 Å². The predicted octanol–water partition coefficient (Wildman–Crippen LogP) is 3.16. The average Bonchev–Trinajstić information content (AvgIpc) is 2.39. The zero-order valence-corrected chi connectivity index (χ0v) is 13.8. The highest BCUT2D eigenvalue weighted by Crippen LogP contribution is 2.21. The van der Waals surface area contributed by atoms with Gasteiger partial charge in [-0.2, -0.15) is 11.8 Å². The molecule has 0 aromatic heterocycles. The Morgan fingerprint density at radius 2 is 2.05 bits per heavy atom. The number of ether oxygens (including phenoxy) is 1. The number of hydrogen-bond donors (Lipinski definition) is 1. The lowest BCUT2D eigenvalue weighted by Crippen LogP contribution is -2.54. The average molecular weight is 295 g/mol. The Hall–Kier alpha value is -1.00. The molecule has 1 aromatic rings. The Morgan fingerprint density at radius 1 is 1.40 bits per heavy atom. The Labute approximate surface area is 126 Å². The number of nitrogens with one attached hydrogen (secondary N) is 1. The zero-order valence-electron chi connectivity index (χ0n) is 13.0. The molecule has 1 N–H and O–H groups in total. The predicted molar refractivity (Wildman–Crippen MR) is 86.0 cm³/mol. The van der Waals surface area contributed by atoms with Crippen molar-refractivity contribution in [1.82, 2.24) is 5.32 Å². The highest BCUT2D eigenvalue weighted by molar-refractivity contribution is 7.98. The molecule has 1 rings (SSSR count). The fourth-order valence-electron chi connectivity index (χ4n) is 2.16. The van der Waals surface area contributed by atoms with Crippen LogP contribution in [0.1, 0.15) is 31.9 Å². The van der Waals surface area contributed by atoms with E-state index in [1.54, 1.807) is 11.8 Å². The molecule has 0 bridgehead atoms. The monoisotopic (exact) mass is 295 g/mol. The van der Waals surface area contributed by atoms with E-state index in [1.807, 2.05) is 26.8 Å². The lowest BCUT2D eigenvalue weighted by molar-refractivity contribution is -0.147. The highest BCUT2D eigenvalue weighted by atomic mass is 32.2. The van der Waals surface area contributed by atoms with E-state index in [-0.39, 0.29) is 12.0 Å². The Bertz CT molecular complexity index is 448. The van der Waals surface area contributed by atoms with Gasteiger partial charge in [-0.25, -0.2) is 0 Å². The van der Waals surface area contributed by atoms with Gasteiger partial charge in [0.05, 0.1) is 7.11 Å². The summed E-state index contributed by atoms with van der Waals surface area (Å²) in [6, 6.07) is 8.57. The van der Waals surface area contributed by atoms with E-state index >= 15 is 0 Å². The molecule has 20 heavy (non-hydrogen) atoms. The van der Waals surface area contributed by atoms with Gasteiger partial charge in [0, 0.05) is 17.5 Å². The lowest BCUT2D eigenvalue weighted by atomic mass is 10.0. The van der Waals surface area contributed by atoms with E-state index in [0.717, 1.165) is 5.75 Å². The first-order valence-electron chi connectivity index (χ1n) is 6.87. The number of methoxy groups -OCH3 is 1. The minimum atomic E-state index is -0.643. The Kier molecular flexibility index (Phi) is 6.56. The van der Waals surface area contributed by atoms with E-state index in [9.17, 15) is 4.79 Å². The molecule has 0 fully saturated rings. The Balaban J connectivity index is 2.63. The molecule has 0 spiro atoms. The number of thioether (sulfide) groups is 1. The highest BCUT2D eigenvalue weighted by Gasteiger charge is 2.34. The third-order valence-electron chi connectivity index (χ3n) is 3.15. The maximum Gasteiger partial charge on any atom is 0.326 e. The van der Waals surface area contributed by atoms with Crippen LogP contribution in [0.5, 0.6) is 0 Å². The van der Waals surface area contributed by atoms with Gasteiger partial charge in [0.2, 0.25) is 0 Å². The van der Waals surface area contributed by atoms with Crippen LogP contribution in [-0.2, 0) is 15.3 Å².